The molecule has 1 aliphatic carbocycles. The van der Waals surface area contributed by atoms with Crippen LogP contribution in [0.15, 0.2) is 18.2 Å². The number of carbonyl (C=O) groups is 1. The number of hydrogen-bond donors (Lipinski definition) is 2. The van der Waals surface area contributed by atoms with Gasteiger partial charge in [0.15, 0.2) is 0 Å². The standard InChI is InChI=1S/C13H15FN2O4/c14-11-5-4-8(6-12(11)16(19)20)13(18)15-9-2-1-3-10(17)7-9/h4-6,9-10,17H,1-3,7H2,(H,15,18). The number of halogens is 1. The van der Waals surface area contributed by atoms with E-state index in [9.17, 15) is 24.4 Å². The number of nitrogens with zero attached hydrogens (tertiary/aromatic N) is 1. The normalized spacial score (nSPS) is 22.3. The van der Waals surface area contributed by atoms with E-state index >= 15 is 0 Å². The van der Waals surface area contributed by atoms with Crippen molar-refractivity contribution in [1.82, 2.24) is 5.32 Å². The van der Waals surface area contributed by atoms with Crippen molar-refractivity contribution < 1.29 is 19.2 Å². The number of carbonyl (C=O) groups excluding carboxylic acids is 1. The monoisotopic (exact) mass is 282 g/mol. The Balaban J connectivity index is 2.09. The maximum atomic E-state index is 13.2. The van der Waals surface area contributed by atoms with Crippen molar-refractivity contribution in [3.63, 3.8) is 0 Å². The number of nitro benzene ring substituents is 1. The molecule has 2 N–H and O–H groups in total. The Morgan fingerprint density at radius 3 is 2.85 bits per heavy atom. The maximum Gasteiger partial charge on any atom is 0.305 e. The lowest BCUT2D eigenvalue weighted by molar-refractivity contribution is -0.387. The molecule has 0 radical (unpaired) electrons. The summed E-state index contributed by atoms with van der Waals surface area (Å²) in [5.74, 6) is -1.47. The third kappa shape index (κ3) is 3.30. The second kappa shape index (κ2) is 5.96. The summed E-state index contributed by atoms with van der Waals surface area (Å²) in [7, 11) is 0. The van der Waals surface area contributed by atoms with E-state index in [1.807, 2.05) is 0 Å². The lowest BCUT2D eigenvalue weighted by Crippen LogP contribution is -2.39. The summed E-state index contributed by atoms with van der Waals surface area (Å²) in [5.41, 5.74) is -0.681. The molecular weight excluding hydrogens is 267 g/mol. The van der Waals surface area contributed by atoms with E-state index in [4.69, 9.17) is 0 Å². The first kappa shape index (κ1) is 14.4. The van der Waals surface area contributed by atoms with Crippen molar-refractivity contribution in [2.24, 2.45) is 0 Å². The van der Waals surface area contributed by atoms with Gasteiger partial charge in [-0.25, -0.2) is 0 Å². The molecule has 1 saturated carbocycles. The highest BCUT2D eigenvalue weighted by molar-refractivity contribution is 5.95. The van der Waals surface area contributed by atoms with Gasteiger partial charge in [0.1, 0.15) is 0 Å². The number of nitrogens with one attached hydrogen (secondary N) is 1. The number of hydrogen-bond acceptors (Lipinski definition) is 4. The number of amides is 1. The minimum Gasteiger partial charge on any atom is -0.393 e. The van der Waals surface area contributed by atoms with Crippen LogP contribution >= 0.6 is 0 Å². The van der Waals surface area contributed by atoms with Crippen LogP contribution in [0.25, 0.3) is 0 Å². The lowest BCUT2D eigenvalue weighted by atomic mass is 9.93. The van der Waals surface area contributed by atoms with E-state index in [2.05, 4.69) is 5.32 Å². The molecule has 1 amide bonds. The highest BCUT2D eigenvalue weighted by Crippen LogP contribution is 2.21. The van der Waals surface area contributed by atoms with Crippen LogP contribution < -0.4 is 5.32 Å². The van der Waals surface area contributed by atoms with E-state index < -0.39 is 28.4 Å². The van der Waals surface area contributed by atoms with Crippen molar-refractivity contribution in [1.29, 1.82) is 0 Å². The third-order valence-electron chi connectivity index (χ3n) is 3.39. The fraction of sp³-hybridized carbons (Fsp3) is 0.462. The smallest absolute Gasteiger partial charge is 0.305 e. The predicted molar refractivity (Wildman–Crippen MR) is 68.8 cm³/mol. The summed E-state index contributed by atoms with van der Waals surface area (Å²) < 4.78 is 13.2. The van der Waals surface area contributed by atoms with Gasteiger partial charge in [0.2, 0.25) is 5.82 Å². The zero-order valence-corrected chi connectivity index (χ0v) is 10.7. The van der Waals surface area contributed by atoms with Crippen LogP contribution in [0.3, 0.4) is 0 Å². The van der Waals surface area contributed by atoms with Gasteiger partial charge in [0.05, 0.1) is 11.0 Å². The van der Waals surface area contributed by atoms with E-state index in [1.54, 1.807) is 0 Å². The number of rotatable bonds is 3. The summed E-state index contributed by atoms with van der Waals surface area (Å²) in [5, 5.41) is 22.9. The number of nitro groups is 1. The average molecular weight is 282 g/mol. The number of aliphatic hydroxyl groups is 1. The summed E-state index contributed by atoms with van der Waals surface area (Å²) in [6.45, 7) is 0. The van der Waals surface area contributed by atoms with E-state index in [-0.39, 0.29) is 11.6 Å². The van der Waals surface area contributed by atoms with Gasteiger partial charge < -0.3 is 10.4 Å². The number of aliphatic hydroxyl groups excluding tert-OH is 1. The molecule has 0 saturated heterocycles. The fourth-order valence-corrected chi connectivity index (χ4v) is 2.36. The largest absolute Gasteiger partial charge is 0.393 e. The highest BCUT2D eigenvalue weighted by Gasteiger charge is 2.23. The zero-order chi connectivity index (χ0) is 14.7. The van der Waals surface area contributed by atoms with E-state index in [0.29, 0.717) is 12.8 Å². The van der Waals surface area contributed by atoms with Gasteiger partial charge in [-0.2, -0.15) is 4.39 Å². The van der Waals surface area contributed by atoms with Crippen LogP contribution in [0, 0.1) is 15.9 Å². The molecule has 0 spiro atoms. The van der Waals surface area contributed by atoms with Gasteiger partial charge in [-0.15, -0.1) is 0 Å². The quantitative estimate of drug-likeness (QED) is 0.652. The van der Waals surface area contributed by atoms with Crippen LogP contribution in [0.1, 0.15) is 36.0 Å². The second-order valence-corrected chi connectivity index (χ2v) is 4.91. The zero-order valence-electron chi connectivity index (χ0n) is 10.7. The Bertz CT molecular complexity index is 535. The molecule has 2 rings (SSSR count). The minimum absolute atomic E-state index is 0.0400. The van der Waals surface area contributed by atoms with Gasteiger partial charge in [-0.1, -0.05) is 0 Å². The maximum absolute atomic E-state index is 13.2. The third-order valence-corrected chi connectivity index (χ3v) is 3.39. The first-order valence-corrected chi connectivity index (χ1v) is 6.40. The molecule has 1 aromatic rings. The van der Waals surface area contributed by atoms with Gasteiger partial charge in [0.25, 0.3) is 5.91 Å². The van der Waals surface area contributed by atoms with Gasteiger partial charge >= 0.3 is 5.69 Å². The SMILES string of the molecule is O=C(NC1CCCC(O)C1)c1ccc(F)c([N+](=O)[O-])c1. The average Bonchev–Trinajstić information content (AvgIpc) is 2.38. The van der Waals surface area contributed by atoms with Crippen molar-refractivity contribution >= 4 is 11.6 Å². The van der Waals surface area contributed by atoms with E-state index in [0.717, 1.165) is 25.0 Å². The van der Waals surface area contributed by atoms with Gasteiger partial charge in [0, 0.05) is 17.7 Å². The Morgan fingerprint density at radius 1 is 1.45 bits per heavy atom. The summed E-state index contributed by atoms with van der Waals surface area (Å²) >= 11 is 0. The van der Waals surface area contributed by atoms with Crippen LogP contribution in [-0.4, -0.2) is 28.1 Å². The topological polar surface area (TPSA) is 92.5 Å². The molecule has 0 heterocycles. The Labute approximate surface area is 114 Å². The van der Waals surface area contributed by atoms with Crippen molar-refractivity contribution in [3.05, 3.63) is 39.7 Å². The molecule has 2 unspecified atom stereocenters. The number of benzene rings is 1. The van der Waals surface area contributed by atoms with Crippen molar-refractivity contribution in [2.75, 3.05) is 0 Å². The molecule has 2 atom stereocenters. The highest BCUT2D eigenvalue weighted by atomic mass is 19.1. The van der Waals surface area contributed by atoms with Crippen LogP contribution in [-0.2, 0) is 0 Å². The van der Waals surface area contributed by atoms with Crippen molar-refractivity contribution in [2.45, 2.75) is 37.8 Å². The van der Waals surface area contributed by atoms with Crippen LogP contribution in [0.4, 0.5) is 10.1 Å². The molecule has 0 aliphatic heterocycles. The predicted octanol–water partition coefficient (Wildman–Crippen LogP) is 1.77. The molecule has 108 valence electrons. The molecular formula is C13H15FN2O4. The molecule has 0 bridgehead atoms. The van der Waals surface area contributed by atoms with Crippen LogP contribution in [0.2, 0.25) is 0 Å². The fourth-order valence-electron chi connectivity index (χ4n) is 2.36. The molecule has 1 fully saturated rings. The minimum atomic E-state index is -0.973. The molecule has 6 nitrogen and oxygen atoms in total. The Hall–Kier alpha value is -2.02. The molecule has 0 aromatic heterocycles. The first-order chi connectivity index (χ1) is 9.47. The van der Waals surface area contributed by atoms with Crippen molar-refractivity contribution in [3.8, 4) is 0 Å². The second-order valence-electron chi connectivity index (χ2n) is 4.91. The summed E-state index contributed by atoms with van der Waals surface area (Å²) in [6, 6.07) is 2.87. The van der Waals surface area contributed by atoms with Gasteiger partial charge in [-0.05, 0) is 37.8 Å². The molecule has 1 aromatic carbocycles. The first-order valence-electron chi connectivity index (χ1n) is 6.40. The Kier molecular flexibility index (Phi) is 4.29. The van der Waals surface area contributed by atoms with Gasteiger partial charge in [-0.3, -0.25) is 14.9 Å². The van der Waals surface area contributed by atoms with E-state index in [1.165, 1.54) is 6.07 Å². The van der Waals surface area contributed by atoms with Crippen LogP contribution in [0.5, 0.6) is 0 Å². The molecule has 7 heteroatoms. The Morgan fingerprint density at radius 2 is 2.20 bits per heavy atom. The molecule has 1 aliphatic rings. The lowest BCUT2D eigenvalue weighted by Gasteiger charge is -2.26. The molecule has 20 heavy (non-hydrogen) atoms. The summed E-state index contributed by atoms with van der Waals surface area (Å²) in [6.07, 6.45) is 2.32. The summed E-state index contributed by atoms with van der Waals surface area (Å²) in [4.78, 5) is 21.7.